The van der Waals surface area contributed by atoms with Gasteiger partial charge in [-0.15, -0.1) is 0 Å². The van der Waals surface area contributed by atoms with Crippen LogP contribution in [0.25, 0.3) is 11.1 Å². The van der Waals surface area contributed by atoms with Crippen LogP contribution in [0.5, 0.6) is 0 Å². The van der Waals surface area contributed by atoms with Crippen LogP contribution in [0.3, 0.4) is 0 Å². The molecule has 7 heteroatoms. The Kier molecular flexibility index (Phi) is 6.72. The van der Waals surface area contributed by atoms with E-state index >= 15 is 0 Å². The lowest BCUT2D eigenvalue weighted by atomic mass is 9.98. The average molecular weight is 410 g/mol. The van der Waals surface area contributed by atoms with Gasteiger partial charge in [-0.1, -0.05) is 62.4 Å². The first-order valence-corrected chi connectivity index (χ1v) is 9.99. The maximum absolute atomic E-state index is 12.1. The lowest BCUT2D eigenvalue weighted by Gasteiger charge is -2.18. The Morgan fingerprint density at radius 3 is 2.10 bits per heavy atom. The standard InChI is InChI=1S/C23H26N2O5/c1-14(2)21(22(27)28)25-20(26)11-12-24-23(29)30-13-19-17-9-5-3-7-15(17)16-8-4-6-10-18(16)19/h3-10,14,19,21H,11-13H2,1-2H3,(H,24,29)(H,25,26)(H,27,28)/t21-/m0/s1. The molecule has 7 nitrogen and oxygen atoms in total. The molecule has 0 aliphatic heterocycles. The van der Waals surface area contributed by atoms with E-state index < -0.39 is 24.0 Å². The van der Waals surface area contributed by atoms with Gasteiger partial charge < -0.3 is 20.5 Å². The zero-order chi connectivity index (χ0) is 21.7. The van der Waals surface area contributed by atoms with Crippen LogP contribution in [0, 0.1) is 5.92 Å². The number of carboxylic acids is 1. The Bertz CT molecular complexity index is 895. The summed E-state index contributed by atoms with van der Waals surface area (Å²) in [6, 6.07) is 15.2. The minimum Gasteiger partial charge on any atom is -0.480 e. The van der Waals surface area contributed by atoms with E-state index in [0.717, 1.165) is 22.3 Å². The van der Waals surface area contributed by atoms with Crippen LogP contribution in [0.15, 0.2) is 48.5 Å². The molecule has 1 aliphatic rings. The van der Waals surface area contributed by atoms with E-state index in [9.17, 15) is 14.4 Å². The molecule has 0 unspecified atom stereocenters. The second-order valence-corrected chi connectivity index (χ2v) is 7.63. The van der Waals surface area contributed by atoms with Crippen molar-refractivity contribution in [2.24, 2.45) is 5.92 Å². The summed E-state index contributed by atoms with van der Waals surface area (Å²) >= 11 is 0. The number of hydrogen-bond acceptors (Lipinski definition) is 4. The van der Waals surface area contributed by atoms with Crippen molar-refractivity contribution in [2.75, 3.05) is 13.2 Å². The number of carbonyl (C=O) groups is 3. The Labute approximate surface area is 175 Å². The first kappa shape index (κ1) is 21.4. The Hall–Kier alpha value is -3.35. The highest BCUT2D eigenvalue weighted by atomic mass is 16.5. The third kappa shape index (κ3) is 4.79. The third-order valence-corrected chi connectivity index (χ3v) is 5.21. The number of carboxylic acid groups (broad SMARTS) is 1. The normalized spacial score (nSPS) is 13.3. The molecule has 0 aromatic heterocycles. The number of hydrogen-bond donors (Lipinski definition) is 3. The summed E-state index contributed by atoms with van der Waals surface area (Å²) in [5.74, 6) is -1.78. The van der Waals surface area contributed by atoms with Gasteiger partial charge in [-0.05, 0) is 28.2 Å². The van der Waals surface area contributed by atoms with E-state index in [2.05, 4.69) is 22.8 Å². The van der Waals surface area contributed by atoms with Crippen LogP contribution >= 0.6 is 0 Å². The van der Waals surface area contributed by atoms with Gasteiger partial charge in [-0.25, -0.2) is 9.59 Å². The molecule has 158 valence electrons. The van der Waals surface area contributed by atoms with E-state index in [-0.39, 0.29) is 31.4 Å². The number of nitrogens with one attached hydrogen (secondary N) is 2. The van der Waals surface area contributed by atoms with Gasteiger partial charge in [0.25, 0.3) is 0 Å². The van der Waals surface area contributed by atoms with Gasteiger partial charge in [-0.2, -0.15) is 0 Å². The Balaban J connectivity index is 1.49. The van der Waals surface area contributed by atoms with Crippen molar-refractivity contribution in [3.63, 3.8) is 0 Å². The Morgan fingerprint density at radius 1 is 1.00 bits per heavy atom. The van der Waals surface area contributed by atoms with Crippen LogP contribution in [0.1, 0.15) is 37.3 Å². The molecule has 2 aromatic rings. The zero-order valence-corrected chi connectivity index (χ0v) is 17.1. The molecule has 30 heavy (non-hydrogen) atoms. The number of rotatable bonds is 8. The van der Waals surface area contributed by atoms with Crippen molar-refractivity contribution in [1.82, 2.24) is 10.6 Å². The number of alkyl carbamates (subject to hydrolysis) is 1. The molecule has 0 saturated carbocycles. The maximum atomic E-state index is 12.1. The molecule has 1 atom stereocenters. The first-order valence-electron chi connectivity index (χ1n) is 9.99. The molecular weight excluding hydrogens is 384 g/mol. The van der Waals surface area contributed by atoms with Crippen LogP contribution in [0.4, 0.5) is 4.79 Å². The highest BCUT2D eigenvalue weighted by molar-refractivity contribution is 5.84. The molecule has 0 spiro atoms. The molecule has 1 aliphatic carbocycles. The molecule has 0 bridgehead atoms. The second-order valence-electron chi connectivity index (χ2n) is 7.63. The van der Waals surface area contributed by atoms with E-state index in [0.29, 0.717) is 0 Å². The van der Waals surface area contributed by atoms with Crippen molar-refractivity contribution in [2.45, 2.75) is 32.2 Å². The fraction of sp³-hybridized carbons (Fsp3) is 0.348. The SMILES string of the molecule is CC(C)[C@H](NC(=O)CCNC(=O)OCC1c2ccccc2-c2ccccc21)C(=O)O. The summed E-state index contributed by atoms with van der Waals surface area (Å²) in [4.78, 5) is 35.1. The number of fused-ring (bicyclic) bond motifs is 3. The number of amides is 2. The van der Waals surface area contributed by atoms with E-state index in [1.165, 1.54) is 0 Å². The molecule has 2 aromatic carbocycles. The van der Waals surface area contributed by atoms with Crippen LogP contribution in [-0.2, 0) is 14.3 Å². The van der Waals surface area contributed by atoms with Gasteiger partial charge >= 0.3 is 12.1 Å². The fourth-order valence-electron chi connectivity index (χ4n) is 3.69. The van der Waals surface area contributed by atoms with Crippen molar-refractivity contribution < 1.29 is 24.2 Å². The van der Waals surface area contributed by atoms with Gasteiger partial charge in [0, 0.05) is 18.9 Å². The molecule has 2 amide bonds. The molecular formula is C23H26N2O5. The Morgan fingerprint density at radius 2 is 1.57 bits per heavy atom. The van der Waals surface area contributed by atoms with Crippen LogP contribution in [0.2, 0.25) is 0 Å². The summed E-state index contributed by atoms with van der Waals surface area (Å²) in [5.41, 5.74) is 4.55. The molecule has 0 saturated heterocycles. The van der Waals surface area contributed by atoms with Crippen molar-refractivity contribution in [1.29, 1.82) is 0 Å². The molecule has 0 radical (unpaired) electrons. The van der Waals surface area contributed by atoms with E-state index in [4.69, 9.17) is 9.84 Å². The quantitative estimate of drug-likeness (QED) is 0.620. The predicted molar refractivity (Wildman–Crippen MR) is 112 cm³/mol. The number of aliphatic carboxylic acids is 1. The van der Waals surface area contributed by atoms with Crippen molar-refractivity contribution in [3.8, 4) is 11.1 Å². The monoisotopic (exact) mass is 410 g/mol. The second kappa shape index (κ2) is 9.43. The van der Waals surface area contributed by atoms with E-state index in [1.54, 1.807) is 13.8 Å². The van der Waals surface area contributed by atoms with Gasteiger partial charge in [0.2, 0.25) is 5.91 Å². The average Bonchev–Trinajstić information content (AvgIpc) is 3.04. The van der Waals surface area contributed by atoms with Crippen LogP contribution < -0.4 is 10.6 Å². The largest absolute Gasteiger partial charge is 0.480 e. The molecule has 3 rings (SSSR count). The van der Waals surface area contributed by atoms with Crippen molar-refractivity contribution >= 4 is 18.0 Å². The predicted octanol–water partition coefficient (Wildman–Crippen LogP) is 3.14. The van der Waals surface area contributed by atoms with Crippen molar-refractivity contribution in [3.05, 3.63) is 59.7 Å². The zero-order valence-electron chi connectivity index (χ0n) is 17.1. The highest BCUT2D eigenvalue weighted by Crippen LogP contribution is 2.44. The topological polar surface area (TPSA) is 105 Å². The molecule has 0 heterocycles. The summed E-state index contributed by atoms with van der Waals surface area (Å²) in [6.45, 7) is 3.69. The van der Waals surface area contributed by atoms with Gasteiger partial charge in [0.15, 0.2) is 0 Å². The highest BCUT2D eigenvalue weighted by Gasteiger charge is 2.29. The minimum atomic E-state index is -1.08. The lowest BCUT2D eigenvalue weighted by Crippen LogP contribution is -2.45. The van der Waals surface area contributed by atoms with Gasteiger partial charge in [0.1, 0.15) is 12.6 Å². The van der Waals surface area contributed by atoms with E-state index in [1.807, 2.05) is 36.4 Å². The number of benzene rings is 2. The summed E-state index contributed by atoms with van der Waals surface area (Å²) < 4.78 is 5.40. The van der Waals surface area contributed by atoms with Crippen LogP contribution in [-0.4, -0.2) is 42.3 Å². The fourth-order valence-corrected chi connectivity index (χ4v) is 3.69. The number of ether oxygens (including phenoxy) is 1. The minimum absolute atomic E-state index is 0.0271. The first-order chi connectivity index (χ1) is 14.4. The smallest absolute Gasteiger partial charge is 0.407 e. The number of carbonyl (C=O) groups excluding carboxylic acids is 2. The summed E-state index contributed by atoms with van der Waals surface area (Å²) in [6.07, 6.45) is -0.635. The third-order valence-electron chi connectivity index (χ3n) is 5.21. The van der Waals surface area contributed by atoms with Gasteiger partial charge in [0.05, 0.1) is 0 Å². The van der Waals surface area contributed by atoms with Gasteiger partial charge in [-0.3, -0.25) is 4.79 Å². The maximum Gasteiger partial charge on any atom is 0.407 e. The summed E-state index contributed by atoms with van der Waals surface area (Å²) in [5, 5.41) is 14.1. The summed E-state index contributed by atoms with van der Waals surface area (Å²) in [7, 11) is 0. The molecule has 0 fully saturated rings. The lowest BCUT2D eigenvalue weighted by molar-refractivity contribution is -0.143. The molecule has 3 N–H and O–H groups in total.